The first-order chi connectivity index (χ1) is 7.04. The molecule has 0 aliphatic heterocycles. The second-order valence-corrected chi connectivity index (χ2v) is 4.69. The van der Waals surface area contributed by atoms with Crippen LogP contribution in [0.3, 0.4) is 0 Å². The molecule has 0 bridgehead atoms. The monoisotopic (exact) mass is 214 g/mol. The molecule has 1 amide bonds. The predicted molar refractivity (Wildman–Crippen MR) is 59.2 cm³/mol. The lowest BCUT2D eigenvalue weighted by molar-refractivity contribution is -0.135. The standard InChI is InChI=1S/C11H22N2O2/c1-8(3-4-12)11(15)13(2)7-9-5-10(14)6-9/h8-10,14H,3-7,12H2,1-2H3. The lowest BCUT2D eigenvalue weighted by atomic mass is 9.82. The SMILES string of the molecule is CC(CCN)C(=O)N(C)CC1CC(O)C1. The molecule has 15 heavy (non-hydrogen) atoms. The second kappa shape index (κ2) is 5.47. The van der Waals surface area contributed by atoms with E-state index in [1.807, 2.05) is 14.0 Å². The number of aliphatic hydroxyl groups excluding tert-OH is 1. The van der Waals surface area contributed by atoms with E-state index in [4.69, 9.17) is 10.8 Å². The first kappa shape index (κ1) is 12.5. The van der Waals surface area contributed by atoms with Gasteiger partial charge in [-0.25, -0.2) is 0 Å². The van der Waals surface area contributed by atoms with Crippen LogP contribution >= 0.6 is 0 Å². The predicted octanol–water partition coefficient (Wildman–Crippen LogP) is 0.201. The summed E-state index contributed by atoms with van der Waals surface area (Å²) < 4.78 is 0. The van der Waals surface area contributed by atoms with Crippen molar-refractivity contribution < 1.29 is 9.90 Å². The van der Waals surface area contributed by atoms with Gasteiger partial charge in [0.15, 0.2) is 0 Å². The number of carbonyl (C=O) groups is 1. The Hall–Kier alpha value is -0.610. The van der Waals surface area contributed by atoms with E-state index in [1.165, 1.54) is 0 Å². The van der Waals surface area contributed by atoms with Crippen LogP contribution in [0, 0.1) is 11.8 Å². The number of nitrogens with two attached hydrogens (primary N) is 1. The molecule has 1 fully saturated rings. The lowest BCUT2D eigenvalue weighted by Crippen LogP contribution is -2.41. The van der Waals surface area contributed by atoms with Crippen LogP contribution in [-0.4, -0.2) is 42.2 Å². The Bertz CT molecular complexity index is 215. The fraction of sp³-hybridized carbons (Fsp3) is 0.909. The highest BCUT2D eigenvalue weighted by atomic mass is 16.3. The minimum atomic E-state index is -0.139. The Morgan fingerprint density at radius 3 is 2.67 bits per heavy atom. The highest BCUT2D eigenvalue weighted by molar-refractivity contribution is 5.78. The number of amides is 1. The Labute approximate surface area is 91.4 Å². The largest absolute Gasteiger partial charge is 0.393 e. The zero-order chi connectivity index (χ0) is 11.4. The van der Waals surface area contributed by atoms with Crippen molar-refractivity contribution in [1.29, 1.82) is 0 Å². The van der Waals surface area contributed by atoms with Gasteiger partial charge in [0.05, 0.1) is 6.10 Å². The third-order valence-corrected chi connectivity index (χ3v) is 3.14. The van der Waals surface area contributed by atoms with Gasteiger partial charge in [0, 0.05) is 19.5 Å². The molecule has 0 aromatic carbocycles. The van der Waals surface area contributed by atoms with Crippen molar-refractivity contribution >= 4 is 5.91 Å². The molecular formula is C11H22N2O2. The molecule has 1 aliphatic rings. The van der Waals surface area contributed by atoms with Crippen LogP contribution < -0.4 is 5.73 Å². The maximum Gasteiger partial charge on any atom is 0.225 e. The lowest BCUT2D eigenvalue weighted by Gasteiger charge is -2.35. The summed E-state index contributed by atoms with van der Waals surface area (Å²) in [6, 6.07) is 0. The summed E-state index contributed by atoms with van der Waals surface area (Å²) in [6.45, 7) is 3.25. The molecule has 1 unspecified atom stereocenters. The molecule has 4 nitrogen and oxygen atoms in total. The Kier molecular flexibility index (Phi) is 4.54. The van der Waals surface area contributed by atoms with Crippen molar-refractivity contribution in [3.8, 4) is 0 Å². The van der Waals surface area contributed by atoms with Crippen molar-refractivity contribution in [2.45, 2.75) is 32.3 Å². The van der Waals surface area contributed by atoms with E-state index >= 15 is 0 Å². The summed E-state index contributed by atoms with van der Waals surface area (Å²) in [5, 5.41) is 9.14. The Balaban J connectivity index is 2.26. The molecule has 0 spiro atoms. The number of aliphatic hydroxyl groups is 1. The van der Waals surface area contributed by atoms with Crippen molar-refractivity contribution in [3.05, 3.63) is 0 Å². The van der Waals surface area contributed by atoms with E-state index < -0.39 is 0 Å². The Morgan fingerprint density at radius 1 is 1.60 bits per heavy atom. The summed E-state index contributed by atoms with van der Waals surface area (Å²) in [4.78, 5) is 13.6. The third kappa shape index (κ3) is 3.47. The van der Waals surface area contributed by atoms with Crippen LogP contribution in [0.1, 0.15) is 26.2 Å². The van der Waals surface area contributed by atoms with E-state index in [9.17, 15) is 4.79 Å². The van der Waals surface area contributed by atoms with Crippen molar-refractivity contribution in [2.75, 3.05) is 20.1 Å². The Morgan fingerprint density at radius 2 is 2.20 bits per heavy atom. The summed E-state index contributed by atoms with van der Waals surface area (Å²) in [6.07, 6.45) is 2.28. The number of hydrogen-bond acceptors (Lipinski definition) is 3. The van der Waals surface area contributed by atoms with Crippen molar-refractivity contribution in [2.24, 2.45) is 17.6 Å². The smallest absolute Gasteiger partial charge is 0.225 e. The van der Waals surface area contributed by atoms with Crippen LogP contribution in [-0.2, 0) is 4.79 Å². The summed E-state index contributed by atoms with van der Waals surface area (Å²) in [7, 11) is 1.83. The molecule has 1 saturated carbocycles. The van der Waals surface area contributed by atoms with Crippen LogP contribution in [0.4, 0.5) is 0 Å². The average Bonchev–Trinajstić information content (AvgIpc) is 2.14. The molecule has 3 N–H and O–H groups in total. The second-order valence-electron chi connectivity index (χ2n) is 4.69. The maximum atomic E-state index is 11.8. The molecule has 0 aromatic heterocycles. The van der Waals surface area contributed by atoms with Crippen molar-refractivity contribution in [1.82, 2.24) is 4.90 Å². The highest BCUT2D eigenvalue weighted by Gasteiger charge is 2.29. The molecule has 88 valence electrons. The molecule has 1 aliphatic carbocycles. The van der Waals surface area contributed by atoms with Gasteiger partial charge in [-0.1, -0.05) is 6.92 Å². The van der Waals surface area contributed by atoms with Crippen LogP contribution in [0.25, 0.3) is 0 Å². The van der Waals surface area contributed by atoms with Gasteiger partial charge in [-0.2, -0.15) is 0 Å². The summed E-state index contributed by atoms with van der Waals surface area (Å²) in [5.41, 5.74) is 5.42. The fourth-order valence-corrected chi connectivity index (χ4v) is 2.08. The average molecular weight is 214 g/mol. The molecule has 0 saturated heterocycles. The number of carbonyl (C=O) groups excluding carboxylic acids is 1. The number of nitrogens with zero attached hydrogens (tertiary/aromatic N) is 1. The molecule has 4 heteroatoms. The molecule has 0 radical (unpaired) electrons. The van der Waals surface area contributed by atoms with Gasteiger partial charge in [0.1, 0.15) is 0 Å². The van der Waals surface area contributed by atoms with Crippen LogP contribution in [0.2, 0.25) is 0 Å². The zero-order valence-corrected chi connectivity index (χ0v) is 9.65. The topological polar surface area (TPSA) is 66.6 Å². The van der Waals surface area contributed by atoms with Gasteiger partial charge in [-0.05, 0) is 31.7 Å². The third-order valence-electron chi connectivity index (χ3n) is 3.14. The van der Waals surface area contributed by atoms with Gasteiger partial charge in [-0.3, -0.25) is 4.79 Å². The number of hydrogen-bond donors (Lipinski definition) is 2. The minimum Gasteiger partial charge on any atom is -0.393 e. The van der Waals surface area contributed by atoms with E-state index in [-0.39, 0.29) is 17.9 Å². The fourth-order valence-electron chi connectivity index (χ4n) is 2.08. The molecule has 0 aromatic rings. The molecule has 1 atom stereocenters. The van der Waals surface area contributed by atoms with Gasteiger partial charge in [0.2, 0.25) is 5.91 Å². The highest BCUT2D eigenvalue weighted by Crippen LogP contribution is 2.27. The molecular weight excluding hydrogens is 192 g/mol. The normalized spacial score (nSPS) is 26.9. The first-order valence-corrected chi connectivity index (χ1v) is 5.67. The van der Waals surface area contributed by atoms with Gasteiger partial charge < -0.3 is 15.7 Å². The maximum absolute atomic E-state index is 11.8. The van der Waals surface area contributed by atoms with Crippen molar-refractivity contribution in [3.63, 3.8) is 0 Å². The summed E-state index contributed by atoms with van der Waals surface area (Å²) >= 11 is 0. The van der Waals surface area contributed by atoms with Gasteiger partial charge >= 0.3 is 0 Å². The minimum absolute atomic E-state index is 0.0185. The molecule has 1 rings (SSSR count). The molecule has 0 heterocycles. The van der Waals surface area contributed by atoms with Gasteiger partial charge in [-0.15, -0.1) is 0 Å². The quantitative estimate of drug-likeness (QED) is 0.687. The first-order valence-electron chi connectivity index (χ1n) is 5.67. The summed E-state index contributed by atoms with van der Waals surface area (Å²) in [5.74, 6) is 0.672. The van der Waals surface area contributed by atoms with E-state index in [2.05, 4.69) is 0 Å². The zero-order valence-electron chi connectivity index (χ0n) is 9.65. The van der Waals surface area contributed by atoms with Gasteiger partial charge in [0.25, 0.3) is 0 Å². The van der Waals surface area contributed by atoms with Crippen LogP contribution in [0.15, 0.2) is 0 Å². The van der Waals surface area contributed by atoms with E-state index in [0.29, 0.717) is 12.5 Å². The number of rotatable bonds is 5. The van der Waals surface area contributed by atoms with E-state index in [0.717, 1.165) is 25.8 Å². The van der Waals surface area contributed by atoms with E-state index in [1.54, 1.807) is 4.90 Å². The van der Waals surface area contributed by atoms with Crippen LogP contribution in [0.5, 0.6) is 0 Å².